The van der Waals surface area contributed by atoms with E-state index in [0.717, 1.165) is 37.1 Å². The van der Waals surface area contributed by atoms with Crippen LogP contribution in [0.15, 0.2) is 6.07 Å². The summed E-state index contributed by atoms with van der Waals surface area (Å²) in [4.78, 5) is 0. The van der Waals surface area contributed by atoms with Gasteiger partial charge in [0.15, 0.2) is 11.6 Å². The number of hydrogen-bond donors (Lipinski definition) is 1. The van der Waals surface area contributed by atoms with Crippen molar-refractivity contribution in [2.45, 2.75) is 25.7 Å². The zero-order valence-electron chi connectivity index (χ0n) is 10.1. The number of rotatable bonds is 2. The van der Waals surface area contributed by atoms with Gasteiger partial charge in [0.1, 0.15) is 0 Å². The highest BCUT2D eigenvalue weighted by molar-refractivity contribution is 6.32. The number of aryl methyl sites for hydroxylation is 1. The van der Waals surface area contributed by atoms with E-state index in [1.165, 1.54) is 7.11 Å². The molecule has 0 atom stereocenters. The van der Waals surface area contributed by atoms with Crippen molar-refractivity contribution in [3.8, 4) is 5.75 Å². The Bertz CT molecular complexity index is 416. The highest BCUT2D eigenvalue weighted by Gasteiger charge is 2.23. The Kier molecular flexibility index (Phi) is 3.89. The van der Waals surface area contributed by atoms with Crippen LogP contribution in [0.5, 0.6) is 5.75 Å². The summed E-state index contributed by atoms with van der Waals surface area (Å²) >= 11 is 6.03. The molecule has 1 aromatic rings. The van der Waals surface area contributed by atoms with Crippen LogP contribution in [-0.2, 0) is 0 Å². The fraction of sp³-hybridized carbons (Fsp3) is 0.538. The van der Waals surface area contributed by atoms with E-state index < -0.39 is 0 Å². The summed E-state index contributed by atoms with van der Waals surface area (Å²) in [6.45, 7) is 3.76. The summed E-state index contributed by atoms with van der Waals surface area (Å²) < 4.78 is 19.3. The number of benzene rings is 1. The molecule has 1 aromatic carbocycles. The van der Waals surface area contributed by atoms with Crippen molar-refractivity contribution in [1.82, 2.24) is 5.32 Å². The van der Waals surface area contributed by atoms with Crippen molar-refractivity contribution < 1.29 is 9.13 Å². The highest BCUT2D eigenvalue weighted by atomic mass is 35.5. The van der Waals surface area contributed by atoms with Crippen LogP contribution in [0.3, 0.4) is 0 Å². The van der Waals surface area contributed by atoms with Crippen molar-refractivity contribution in [3.05, 3.63) is 28.0 Å². The van der Waals surface area contributed by atoms with Gasteiger partial charge in [-0.25, -0.2) is 4.39 Å². The maximum Gasteiger partial charge on any atom is 0.173 e. The summed E-state index contributed by atoms with van der Waals surface area (Å²) in [7, 11) is 1.45. The molecule has 1 aliphatic rings. The molecule has 0 aliphatic carbocycles. The molecule has 1 fully saturated rings. The zero-order chi connectivity index (χ0) is 12.4. The summed E-state index contributed by atoms with van der Waals surface area (Å²) in [5, 5.41) is 3.66. The molecule has 2 nitrogen and oxygen atoms in total. The molecule has 0 aromatic heterocycles. The smallest absolute Gasteiger partial charge is 0.173 e. The molecule has 2 rings (SSSR count). The Morgan fingerprint density at radius 2 is 2.06 bits per heavy atom. The third kappa shape index (κ3) is 2.40. The van der Waals surface area contributed by atoms with Crippen molar-refractivity contribution >= 4 is 11.6 Å². The van der Waals surface area contributed by atoms with E-state index >= 15 is 0 Å². The monoisotopic (exact) mass is 257 g/mol. The van der Waals surface area contributed by atoms with Gasteiger partial charge in [-0.05, 0) is 49.9 Å². The Morgan fingerprint density at radius 3 is 2.65 bits per heavy atom. The number of halogens is 2. The first-order valence-electron chi connectivity index (χ1n) is 5.88. The van der Waals surface area contributed by atoms with Gasteiger partial charge in [-0.1, -0.05) is 17.7 Å². The Morgan fingerprint density at radius 1 is 1.41 bits per heavy atom. The summed E-state index contributed by atoms with van der Waals surface area (Å²) in [6, 6.07) is 1.86. The first-order chi connectivity index (χ1) is 8.15. The minimum atomic E-state index is -0.296. The molecule has 1 saturated heterocycles. The second kappa shape index (κ2) is 5.23. The van der Waals surface area contributed by atoms with Crippen LogP contribution >= 0.6 is 11.6 Å². The standard InChI is InChI=1S/C13H17ClFNO/c1-8-7-10(9-3-5-16-6-4-9)12(15)13(17-2)11(8)14/h7,9,16H,3-6H2,1-2H3. The molecule has 0 amide bonds. The molecule has 1 heterocycles. The Hall–Kier alpha value is -0.800. The van der Waals surface area contributed by atoms with Crippen LogP contribution < -0.4 is 10.1 Å². The normalized spacial score (nSPS) is 17.2. The third-order valence-electron chi connectivity index (χ3n) is 3.35. The van der Waals surface area contributed by atoms with Crippen LogP contribution in [0.25, 0.3) is 0 Å². The van der Waals surface area contributed by atoms with Gasteiger partial charge >= 0.3 is 0 Å². The number of methoxy groups -OCH3 is 1. The van der Waals surface area contributed by atoms with Crippen molar-refractivity contribution in [2.75, 3.05) is 20.2 Å². The lowest BCUT2D eigenvalue weighted by atomic mass is 9.89. The lowest BCUT2D eigenvalue weighted by Crippen LogP contribution is -2.27. The van der Waals surface area contributed by atoms with Crippen LogP contribution in [-0.4, -0.2) is 20.2 Å². The van der Waals surface area contributed by atoms with Gasteiger partial charge in [0.05, 0.1) is 12.1 Å². The van der Waals surface area contributed by atoms with Crippen LogP contribution in [0.1, 0.15) is 29.9 Å². The number of nitrogens with one attached hydrogen (secondary N) is 1. The third-order valence-corrected chi connectivity index (χ3v) is 3.82. The molecule has 0 radical (unpaired) electrons. The minimum absolute atomic E-state index is 0.181. The number of hydrogen-bond acceptors (Lipinski definition) is 2. The van der Waals surface area contributed by atoms with E-state index in [0.29, 0.717) is 5.02 Å². The zero-order valence-corrected chi connectivity index (χ0v) is 10.9. The second-order valence-corrected chi connectivity index (χ2v) is 4.85. The summed E-state index contributed by atoms with van der Waals surface area (Å²) in [5.41, 5.74) is 1.61. The van der Waals surface area contributed by atoms with Gasteiger partial charge in [0.25, 0.3) is 0 Å². The predicted octanol–water partition coefficient (Wildman–Crippen LogP) is 3.26. The van der Waals surface area contributed by atoms with E-state index in [1.54, 1.807) is 0 Å². The average molecular weight is 258 g/mol. The number of piperidine rings is 1. The topological polar surface area (TPSA) is 21.3 Å². The maximum absolute atomic E-state index is 14.3. The van der Waals surface area contributed by atoms with Crippen molar-refractivity contribution in [1.29, 1.82) is 0 Å². The lowest BCUT2D eigenvalue weighted by molar-refractivity contribution is 0.376. The second-order valence-electron chi connectivity index (χ2n) is 4.47. The van der Waals surface area contributed by atoms with Crippen molar-refractivity contribution in [3.63, 3.8) is 0 Å². The first-order valence-corrected chi connectivity index (χ1v) is 6.26. The molecule has 0 unspecified atom stereocenters. The largest absolute Gasteiger partial charge is 0.492 e. The van der Waals surface area contributed by atoms with Gasteiger partial charge in [-0.3, -0.25) is 0 Å². The molecule has 1 aliphatic heterocycles. The molecule has 0 spiro atoms. The highest BCUT2D eigenvalue weighted by Crippen LogP contribution is 2.38. The van der Waals surface area contributed by atoms with Gasteiger partial charge in [0.2, 0.25) is 0 Å². The molecule has 4 heteroatoms. The molecule has 0 saturated carbocycles. The molecule has 17 heavy (non-hydrogen) atoms. The maximum atomic E-state index is 14.3. The first kappa shape index (κ1) is 12.7. The van der Waals surface area contributed by atoms with E-state index in [1.807, 2.05) is 13.0 Å². The van der Waals surface area contributed by atoms with Crippen LogP contribution in [0.4, 0.5) is 4.39 Å². The van der Waals surface area contributed by atoms with E-state index in [2.05, 4.69) is 5.32 Å². The SMILES string of the molecule is COc1c(F)c(C2CCNCC2)cc(C)c1Cl. The van der Waals surface area contributed by atoms with Crippen LogP contribution in [0.2, 0.25) is 5.02 Å². The van der Waals surface area contributed by atoms with Gasteiger partial charge in [-0.2, -0.15) is 0 Å². The van der Waals surface area contributed by atoms with Gasteiger partial charge in [-0.15, -0.1) is 0 Å². The molecular weight excluding hydrogens is 241 g/mol. The van der Waals surface area contributed by atoms with E-state index in [-0.39, 0.29) is 17.5 Å². The average Bonchev–Trinajstić information content (AvgIpc) is 2.36. The molecule has 1 N–H and O–H groups in total. The summed E-state index contributed by atoms with van der Waals surface area (Å²) in [5.74, 6) is 0.149. The van der Waals surface area contributed by atoms with Crippen molar-refractivity contribution in [2.24, 2.45) is 0 Å². The minimum Gasteiger partial charge on any atom is -0.492 e. The fourth-order valence-corrected chi connectivity index (χ4v) is 2.59. The number of ether oxygens (including phenoxy) is 1. The van der Waals surface area contributed by atoms with E-state index in [4.69, 9.17) is 16.3 Å². The lowest BCUT2D eigenvalue weighted by Gasteiger charge is -2.24. The predicted molar refractivity (Wildman–Crippen MR) is 67.5 cm³/mol. The van der Waals surface area contributed by atoms with Gasteiger partial charge < -0.3 is 10.1 Å². The Labute approximate surface area is 106 Å². The quantitative estimate of drug-likeness (QED) is 0.878. The Balaban J connectivity index is 2.42. The summed E-state index contributed by atoms with van der Waals surface area (Å²) in [6.07, 6.45) is 1.92. The van der Waals surface area contributed by atoms with Crippen LogP contribution in [0, 0.1) is 12.7 Å². The van der Waals surface area contributed by atoms with E-state index in [9.17, 15) is 4.39 Å². The molecule has 0 bridgehead atoms. The molecular formula is C13H17ClFNO. The molecule has 94 valence electrons. The van der Waals surface area contributed by atoms with Gasteiger partial charge in [0, 0.05) is 0 Å². The fourth-order valence-electron chi connectivity index (χ4n) is 2.38.